The molecule has 0 spiro atoms. The zero-order valence-corrected chi connectivity index (χ0v) is 14.5. The predicted molar refractivity (Wildman–Crippen MR) is 89.1 cm³/mol. The van der Waals surface area contributed by atoms with Gasteiger partial charge < -0.3 is 14.9 Å². The number of rotatable bonds is 6. The highest BCUT2D eigenvalue weighted by Crippen LogP contribution is 2.31. The number of halogens is 1. The molecule has 1 fully saturated rings. The smallest absolute Gasteiger partial charge is 0.323 e. The first-order valence-electron chi connectivity index (χ1n) is 7.49. The minimum absolute atomic E-state index is 0.111. The standard InChI is InChI=1S/C16H19BrN2O4/c1-2-7-18(10-15(21)22)16(23)11-8-14(20)19(9-11)13-6-4-3-5-12(13)17/h3-6,11H,2,7-10H2,1H3,(H,21,22). The van der Waals surface area contributed by atoms with Gasteiger partial charge in [-0.25, -0.2) is 0 Å². The number of carbonyl (C=O) groups is 3. The van der Waals surface area contributed by atoms with Crippen LogP contribution in [-0.2, 0) is 14.4 Å². The minimum atomic E-state index is -1.04. The molecule has 2 rings (SSSR count). The number of hydrogen-bond acceptors (Lipinski definition) is 3. The summed E-state index contributed by atoms with van der Waals surface area (Å²) in [6, 6.07) is 7.34. The minimum Gasteiger partial charge on any atom is -0.480 e. The maximum atomic E-state index is 12.6. The summed E-state index contributed by atoms with van der Waals surface area (Å²) in [5, 5.41) is 8.94. The molecule has 1 aromatic carbocycles. The Kier molecular flexibility index (Phi) is 5.76. The number of aliphatic carboxylic acids is 1. The average Bonchev–Trinajstić information content (AvgIpc) is 2.88. The largest absolute Gasteiger partial charge is 0.480 e. The second-order valence-electron chi connectivity index (χ2n) is 5.51. The number of carbonyl (C=O) groups excluding carboxylic acids is 2. The maximum absolute atomic E-state index is 12.6. The lowest BCUT2D eigenvalue weighted by atomic mass is 10.1. The average molecular weight is 383 g/mol. The molecule has 0 saturated carbocycles. The summed E-state index contributed by atoms with van der Waals surface area (Å²) >= 11 is 3.41. The molecule has 1 saturated heterocycles. The number of carboxylic acid groups (broad SMARTS) is 1. The van der Waals surface area contributed by atoms with Crippen LogP contribution in [0.2, 0.25) is 0 Å². The maximum Gasteiger partial charge on any atom is 0.323 e. The fourth-order valence-corrected chi connectivity index (χ4v) is 3.23. The Bertz CT molecular complexity index is 620. The van der Waals surface area contributed by atoms with Crippen LogP contribution < -0.4 is 4.90 Å². The molecule has 0 aromatic heterocycles. The van der Waals surface area contributed by atoms with E-state index in [1.807, 2.05) is 31.2 Å². The summed E-state index contributed by atoms with van der Waals surface area (Å²) in [6.45, 7) is 2.21. The van der Waals surface area contributed by atoms with Crippen molar-refractivity contribution in [1.82, 2.24) is 4.90 Å². The van der Waals surface area contributed by atoms with Crippen molar-refractivity contribution in [2.24, 2.45) is 5.92 Å². The number of amides is 2. The van der Waals surface area contributed by atoms with E-state index in [0.717, 1.165) is 10.2 Å². The van der Waals surface area contributed by atoms with Crippen molar-refractivity contribution in [3.8, 4) is 0 Å². The van der Waals surface area contributed by atoms with E-state index in [-0.39, 0.29) is 31.3 Å². The van der Waals surface area contributed by atoms with Gasteiger partial charge in [0, 0.05) is 24.0 Å². The lowest BCUT2D eigenvalue weighted by Gasteiger charge is -2.23. The van der Waals surface area contributed by atoms with E-state index in [1.54, 1.807) is 4.90 Å². The molecule has 1 unspecified atom stereocenters. The molecule has 2 amide bonds. The van der Waals surface area contributed by atoms with Crippen LogP contribution >= 0.6 is 15.9 Å². The van der Waals surface area contributed by atoms with E-state index in [4.69, 9.17) is 5.11 Å². The van der Waals surface area contributed by atoms with Gasteiger partial charge in [0.05, 0.1) is 11.6 Å². The fraction of sp³-hybridized carbons (Fsp3) is 0.438. The van der Waals surface area contributed by atoms with E-state index in [1.165, 1.54) is 4.90 Å². The molecule has 1 aliphatic heterocycles. The van der Waals surface area contributed by atoms with Crippen LogP contribution in [0.5, 0.6) is 0 Å². The van der Waals surface area contributed by atoms with Gasteiger partial charge in [-0.15, -0.1) is 0 Å². The number of hydrogen-bond donors (Lipinski definition) is 1. The van der Waals surface area contributed by atoms with Crippen LogP contribution in [0.15, 0.2) is 28.7 Å². The first-order valence-corrected chi connectivity index (χ1v) is 8.28. The molecule has 7 heteroatoms. The zero-order valence-electron chi connectivity index (χ0n) is 12.9. The fourth-order valence-electron chi connectivity index (χ4n) is 2.74. The second kappa shape index (κ2) is 7.59. The Morgan fingerprint density at radius 2 is 2.09 bits per heavy atom. The zero-order chi connectivity index (χ0) is 17.0. The van der Waals surface area contributed by atoms with Gasteiger partial charge in [-0.2, -0.15) is 0 Å². The summed E-state index contributed by atoms with van der Waals surface area (Å²) in [7, 11) is 0. The van der Waals surface area contributed by atoms with Crippen molar-refractivity contribution in [3.63, 3.8) is 0 Å². The quantitative estimate of drug-likeness (QED) is 0.817. The molecule has 124 valence electrons. The number of carboxylic acids is 1. The van der Waals surface area contributed by atoms with Gasteiger partial charge in [0.15, 0.2) is 0 Å². The summed E-state index contributed by atoms with van der Waals surface area (Å²) in [4.78, 5) is 38.6. The summed E-state index contributed by atoms with van der Waals surface area (Å²) < 4.78 is 0.789. The number of anilines is 1. The first-order chi connectivity index (χ1) is 10.9. The summed E-state index contributed by atoms with van der Waals surface area (Å²) in [5.41, 5.74) is 0.730. The third-order valence-corrected chi connectivity index (χ3v) is 4.42. The third-order valence-electron chi connectivity index (χ3n) is 3.75. The van der Waals surface area contributed by atoms with Crippen LogP contribution in [0, 0.1) is 5.92 Å². The van der Waals surface area contributed by atoms with Crippen LogP contribution in [0.1, 0.15) is 19.8 Å². The van der Waals surface area contributed by atoms with Gasteiger partial charge in [0.2, 0.25) is 11.8 Å². The lowest BCUT2D eigenvalue weighted by molar-refractivity contribution is -0.146. The molecule has 1 heterocycles. The molecule has 6 nitrogen and oxygen atoms in total. The molecular formula is C16H19BrN2O4. The van der Waals surface area contributed by atoms with Crippen molar-refractivity contribution in [2.75, 3.05) is 24.5 Å². The van der Waals surface area contributed by atoms with Crippen LogP contribution in [-0.4, -0.2) is 47.4 Å². The molecule has 0 aliphatic carbocycles. The molecule has 23 heavy (non-hydrogen) atoms. The Balaban J connectivity index is 2.13. The Hall–Kier alpha value is -1.89. The third kappa shape index (κ3) is 4.10. The molecule has 1 aromatic rings. The van der Waals surface area contributed by atoms with Gasteiger partial charge in [-0.1, -0.05) is 19.1 Å². The van der Waals surface area contributed by atoms with Gasteiger partial charge in [0.1, 0.15) is 6.54 Å². The van der Waals surface area contributed by atoms with Gasteiger partial charge >= 0.3 is 5.97 Å². The van der Waals surface area contributed by atoms with Gasteiger partial charge in [-0.05, 0) is 34.5 Å². The Labute approximate surface area is 143 Å². The SMILES string of the molecule is CCCN(CC(=O)O)C(=O)C1CC(=O)N(c2ccccc2Br)C1. The highest BCUT2D eigenvalue weighted by atomic mass is 79.9. The highest BCUT2D eigenvalue weighted by molar-refractivity contribution is 9.10. The molecule has 1 aliphatic rings. The monoisotopic (exact) mass is 382 g/mol. The Morgan fingerprint density at radius 1 is 1.39 bits per heavy atom. The molecule has 1 atom stereocenters. The van der Waals surface area contributed by atoms with E-state index < -0.39 is 11.9 Å². The van der Waals surface area contributed by atoms with Crippen LogP contribution in [0.3, 0.4) is 0 Å². The number of nitrogens with zero attached hydrogens (tertiary/aromatic N) is 2. The van der Waals surface area contributed by atoms with E-state index in [2.05, 4.69) is 15.9 Å². The topological polar surface area (TPSA) is 77.9 Å². The van der Waals surface area contributed by atoms with E-state index in [9.17, 15) is 14.4 Å². The summed E-state index contributed by atoms with van der Waals surface area (Å²) in [5.74, 6) is -1.93. The van der Waals surface area contributed by atoms with E-state index >= 15 is 0 Å². The molecule has 1 N–H and O–H groups in total. The Morgan fingerprint density at radius 3 is 2.70 bits per heavy atom. The predicted octanol–water partition coefficient (Wildman–Crippen LogP) is 2.13. The van der Waals surface area contributed by atoms with Crippen molar-refractivity contribution in [2.45, 2.75) is 19.8 Å². The normalized spacial score (nSPS) is 17.4. The highest BCUT2D eigenvalue weighted by Gasteiger charge is 2.37. The van der Waals surface area contributed by atoms with E-state index in [0.29, 0.717) is 13.0 Å². The van der Waals surface area contributed by atoms with Crippen LogP contribution in [0.4, 0.5) is 5.69 Å². The van der Waals surface area contributed by atoms with Crippen LogP contribution in [0.25, 0.3) is 0 Å². The van der Waals surface area contributed by atoms with Gasteiger partial charge in [0.25, 0.3) is 0 Å². The van der Waals surface area contributed by atoms with Crippen molar-refractivity contribution in [3.05, 3.63) is 28.7 Å². The van der Waals surface area contributed by atoms with Gasteiger partial charge in [-0.3, -0.25) is 14.4 Å². The number of benzene rings is 1. The van der Waals surface area contributed by atoms with Crippen molar-refractivity contribution >= 4 is 39.4 Å². The number of para-hydroxylation sites is 1. The molecular weight excluding hydrogens is 364 g/mol. The second-order valence-corrected chi connectivity index (χ2v) is 6.36. The first kappa shape index (κ1) is 17.5. The van der Waals surface area contributed by atoms with Crippen molar-refractivity contribution in [1.29, 1.82) is 0 Å². The molecule has 0 radical (unpaired) electrons. The lowest BCUT2D eigenvalue weighted by Crippen LogP contribution is -2.41. The van der Waals surface area contributed by atoms with Crippen molar-refractivity contribution < 1.29 is 19.5 Å². The molecule has 0 bridgehead atoms. The summed E-state index contributed by atoms with van der Waals surface area (Å²) in [6.07, 6.45) is 0.785.